The van der Waals surface area contributed by atoms with Crippen molar-refractivity contribution in [1.29, 1.82) is 0 Å². The fourth-order valence-electron chi connectivity index (χ4n) is 1.92. The summed E-state index contributed by atoms with van der Waals surface area (Å²) < 4.78 is 28.6. The van der Waals surface area contributed by atoms with Gasteiger partial charge in [0.1, 0.15) is 11.6 Å². The first kappa shape index (κ1) is 15.3. The van der Waals surface area contributed by atoms with E-state index >= 15 is 0 Å². The molecule has 1 unspecified atom stereocenters. The quantitative estimate of drug-likeness (QED) is 0.858. The van der Waals surface area contributed by atoms with Crippen molar-refractivity contribution in [3.05, 3.63) is 28.8 Å². The van der Waals surface area contributed by atoms with Crippen LogP contribution in [-0.4, -0.2) is 31.3 Å². The van der Waals surface area contributed by atoms with Crippen molar-refractivity contribution >= 4 is 17.6 Å². The summed E-state index contributed by atoms with van der Waals surface area (Å²) in [6, 6.07) is 1.14. The lowest BCUT2D eigenvalue weighted by Crippen LogP contribution is -2.16. The number of hydrogen-bond donors (Lipinski definition) is 1. The number of halogens is 3. The van der Waals surface area contributed by atoms with E-state index in [1.807, 2.05) is 0 Å². The van der Waals surface area contributed by atoms with Crippen LogP contribution in [0.3, 0.4) is 0 Å². The van der Waals surface area contributed by atoms with E-state index in [4.69, 9.17) is 16.7 Å². The number of carbonyl (C=O) groups is 1. The molecule has 0 saturated carbocycles. The molecule has 1 aromatic carbocycles. The summed E-state index contributed by atoms with van der Waals surface area (Å²) in [5.74, 6) is -2.68. The molecule has 21 heavy (non-hydrogen) atoms. The Kier molecular flexibility index (Phi) is 4.46. The van der Waals surface area contributed by atoms with Gasteiger partial charge in [0, 0.05) is 0 Å². The Bertz CT molecular complexity index is 677. The molecule has 0 bridgehead atoms. The Labute approximate surface area is 123 Å². The maximum absolute atomic E-state index is 13.9. The first-order valence-electron chi connectivity index (χ1n) is 6.08. The highest BCUT2D eigenvalue weighted by molar-refractivity contribution is 6.30. The third-order valence-corrected chi connectivity index (χ3v) is 3.26. The van der Waals surface area contributed by atoms with Crippen molar-refractivity contribution in [2.45, 2.75) is 25.8 Å². The smallest absolute Gasteiger partial charge is 0.305 e. The van der Waals surface area contributed by atoms with E-state index < -0.39 is 23.6 Å². The Morgan fingerprint density at radius 2 is 2.14 bits per heavy atom. The van der Waals surface area contributed by atoms with Crippen LogP contribution in [0.5, 0.6) is 0 Å². The van der Waals surface area contributed by atoms with Gasteiger partial charge in [-0.1, -0.05) is 18.5 Å². The molecule has 0 amide bonds. The summed E-state index contributed by atoms with van der Waals surface area (Å²) in [6.45, 7) is 1.75. The van der Waals surface area contributed by atoms with Gasteiger partial charge >= 0.3 is 5.97 Å². The summed E-state index contributed by atoms with van der Waals surface area (Å²) in [4.78, 5) is 10.8. The summed E-state index contributed by atoms with van der Waals surface area (Å²) in [7, 11) is 0. The minimum Gasteiger partial charge on any atom is -0.481 e. The van der Waals surface area contributed by atoms with Gasteiger partial charge in [-0.2, -0.15) is 0 Å². The van der Waals surface area contributed by atoms with E-state index in [1.165, 1.54) is 4.68 Å². The highest BCUT2D eigenvalue weighted by atomic mass is 35.5. The zero-order valence-electron chi connectivity index (χ0n) is 10.9. The van der Waals surface area contributed by atoms with Gasteiger partial charge in [0.25, 0.3) is 0 Å². The Morgan fingerprint density at radius 3 is 2.76 bits per heavy atom. The van der Waals surface area contributed by atoms with Crippen molar-refractivity contribution < 1.29 is 18.7 Å². The molecular weight excluding hydrogens is 306 g/mol. The van der Waals surface area contributed by atoms with Gasteiger partial charge in [-0.25, -0.2) is 13.5 Å². The topological polar surface area (TPSA) is 80.9 Å². The van der Waals surface area contributed by atoms with Crippen molar-refractivity contribution in [2.75, 3.05) is 0 Å². The highest BCUT2D eigenvalue weighted by Gasteiger charge is 2.22. The molecule has 0 aliphatic rings. The summed E-state index contributed by atoms with van der Waals surface area (Å²) in [6.07, 6.45) is 0.189. The Hall–Kier alpha value is -2.09. The van der Waals surface area contributed by atoms with Gasteiger partial charge in [0.15, 0.2) is 5.82 Å². The van der Waals surface area contributed by atoms with E-state index in [0.29, 0.717) is 6.42 Å². The second kappa shape index (κ2) is 6.13. The fourth-order valence-corrected chi connectivity index (χ4v) is 2.07. The number of carboxylic acid groups (broad SMARTS) is 1. The van der Waals surface area contributed by atoms with E-state index in [2.05, 4.69) is 15.5 Å². The lowest BCUT2D eigenvalue weighted by Gasteiger charge is -2.14. The molecule has 0 spiro atoms. The van der Waals surface area contributed by atoms with Gasteiger partial charge in [-0.05, 0) is 29.0 Å². The SMILES string of the molecule is CCC(CC(=O)O)n1nnnc1-c1cc(F)c(Cl)cc1F. The van der Waals surface area contributed by atoms with Crippen LogP contribution in [0.2, 0.25) is 5.02 Å². The number of nitrogens with zero attached hydrogens (tertiary/aromatic N) is 4. The molecule has 0 aliphatic carbocycles. The lowest BCUT2D eigenvalue weighted by molar-refractivity contribution is -0.138. The third-order valence-electron chi connectivity index (χ3n) is 2.97. The van der Waals surface area contributed by atoms with Crippen molar-refractivity contribution in [2.24, 2.45) is 0 Å². The van der Waals surface area contributed by atoms with E-state index in [-0.39, 0.29) is 22.8 Å². The van der Waals surface area contributed by atoms with E-state index in [9.17, 15) is 13.6 Å². The summed E-state index contributed by atoms with van der Waals surface area (Å²) >= 11 is 5.49. The zero-order valence-corrected chi connectivity index (χ0v) is 11.7. The van der Waals surface area contributed by atoms with Gasteiger partial charge in [0.05, 0.1) is 23.0 Å². The minimum atomic E-state index is -1.04. The molecule has 6 nitrogen and oxygen atoms in total. The maximum atomic E-state index is 13.9. The Morgan fingerprint density at radius 1 is 1.43 bits per heavy atom. The van der Waals surface area contributed by atoms with Gasteiger partial charge in [-0.15, -0.1) is 5.10 Å². The minimum absolute atomic E-state index is 0.0452. The second-order valence-corrected chi connectivity index (χ2v) is 4.76. The summed E-state index contributed by atoms with van der Waals surface area (Å²) in [5, 5.41) is 19.3. The first-order chi connectivity index (χ1) is 9.93. The number of carboxylic acids is 1. The van der Waals surface area contributed by atoms with Gasteiger partial charge in [-0.3, -0.25) is 4.79 Å². The predicted octanol–water partition coefficient (Wildman–Crippen LogP) is 2.70. The van der Waals surface area contributed by atoms with Crippen LogP contribution < -0.4 is 0 Å². The average Bonchev–Trinajstić information content (AvgIpc) is 2.89. The predicted molar refractivity (Wildman–Crippen MR) is 69.8 cm³/mol. The van der Waals surface area contributed by atoms with Crippen LogP contribution in [0.1, 0.15) is 25.8 Å². The van der Waals surface area contributed by atoms with Crippen LogP contribution in [0.4, 0.5) is 8.78 Å². The maximum Gasteiger partial charge on any atom is 0.305 e. The molecule has 112 valence electrons. The molecule has 9 heteroatoms. The molecule has 1 aromatic heterocycles. The Balaban J connectivity index is 2.49. The average molecular weight is 317 g/mol. The molecule has 1 atom stereocenters. The third kappa shape index (κ3) is 3.15. The number of tetrazole rings is 1. The number of aliphatic carboxylic acids is 1. The molecular formula is C12H11ClF2N4O2. The zero-order chi connectivity index (χ0) is 15.6. The number of hydrogen-bond acceptors (Lipinski definition) is 4. The number of rotatable bonds is 5. The molecule has 0 radical (unpaired) electrons. The van der Waals surface area contributed by atoms with Gasteiger partial charge in [0.2, 0.25) is 0 Å². The molecule has 0 fully saturated rings. The van der Waals surface area contributed by atoms with Crippen molar-refractivity contribution in [1.82, 2.24) is 20.2 Å². The van der Waals surface area contributed by atoms with Crippen molar-refractivity contribution in [3.8, 4) is 11.4 Å². The molecule has 1 heterocycles. The van der Waals surface area contributed by atoms with Crippen LogP contribution in [0.25, 0.3) is 11.4 Å². The van der Waals surface area contributed by atoms with Crippen LogP contribution in [0, 0.1) is 11.6 Å². The molecule has 2 rings (SSSR count). The van der Waals surface area contributed by atoms with E-state index in [1.54, 1.807) is 6.92 Å². The lowest BCUT2D eigenvalue weighted by atomic mass is 10.1. The monoisotopic (exact) mass is 316 g/mol. The molecule has 0 aliphatic heterocycles. The molecule has 2 aromatic rings. The van der Waals surface area contributed by atoms with Crippen molar-refractivity contribution in [3.63, 3.8) is 0 Å². The standard InChI is InChI=1S/C12H11ClF2N4O2/c1-2-6(3-11(20)21)19-12(16-17-18-19)7-4-10(15)8(13)5-9(7)14/h4-6H,2-3H2,1H3,(H,20,21). The van der Waals surface area contributed by atoms with Crippen LogP contribution >= 0.6 is 11.6 Å². The number of benzene rings is 1. The molecule has 1 N–H and O–H groups in total. The normalized spacial score (nSPS) is 12.4. The largest absolute Gasteiger partial charge is 0.481 e. The summed E-state index contributed by atoms with van der Waals surface area (Å²) in [5.41, 5.74) is -0.175. The van der Waals surface area contributed by atoms with Crippen LogP contribution in [0.15, 0.2) is 12.1 Å². The van der Waals surface area contributed by atoms with Crippen LogP contribution in [-0.2, 0) is 4.79 Å². The van der Waals surface area contributed by atoms with Gasteiger partial charge < -0.3 is 5.11 Å². The first-order valence-corrected chi connectivity index (χ1v) is 6.46. The highest BCUT2D eigenvalue weighted by Crippen LogP contribution is 2.28. The number of aromatic nitrogens is 4. The second-order valence-electron chi connectivity index (χ2n) is 4.35. The fraction of sp³-hybridized carbons (Fsp3) is 0.333. The molecule has 0 saturated heterocycles. The van der Waals surface area contributed by atoms with E-state index in [0.717, 1.165) is 12.1 Å².